The number of nitro benzene ring substituents is 1. The van der Waals surface area contributed by atoms with Gasteiger partial charge in [-0.15, -0.1) is 0 Å². The lowest BCUT2D eigenvalue weighted by atomic mass is 10.1. The van der Waals surface area contributed by atoms with Gasteiger partial charge in [-0.1, -0.05) is 6.92 Å². The Bertz CT molecular complexity index is 616. The van der Waals surface area contributed by atoms with Crippen LogP contribution >= 0.6 is 0 Å². The van der Waals surface area contributed by atoms with Gasteiger partial charge >= 0.3 is 0 Å². The summed E-state index contributed by atoms with van der Waals surface area (Å²) in [6.45, 7) is 2.52. The van der Waals surface area contributed by atoms with Gasteiger partial charge in [0.1, 0.15) is 5.52 Å². The highest BCUT2D eigenvalue weighted by atomic mass is 16.6. The largest absolute Gasteiger partial charge is 0.393 e. The molecule has 0 aliphatic heterocycles. The average Bonchev–Trinajstić information content (AvgIpc) is 2.46. The number of rotatable bonds is 6. The minimum atomic E-state index is -0.408. The van der Waals surface area contributed by atoms with Crippen molar-refractivity contribution in [3.8, 4) is 0 Å². The van der Waals surface area contributed by atoms with Crippen molar-refractivity contribution in [2.24, 2.45) is 0 Å². The van der Waals surface area contributed by atoms with Gasteiger partial charge in [0.2, 0.25) is 0 Å². The van der Waals surface area contributed by atoms with Crippen LogP contribution in [0.25, 0.3) is 10.9 Å². The quantitative estimate of drug-likeness (QED) is 0.625. The van der Waals surface area contributed by atoms with Crippen LogP contribution in [-0.4, -0.2) is 27.7 Å². The van der Waals surface area contributed by atoms with Gasteiger partial charge in [0, 0.05) is 18.8 Å². The molecule has 2 rings (SSSR count). The van der Waals surface area contributed by atoms with Crippen LogP contribution in [0.4, 0.5) is 11.4 Å². The van der Waals surface area contributed by atoms with Crippen molar-refractivity contribution in [3.05, 3.63) is 40.6 Å². The fourth-order valence-corrected chi connectivity index (χ4v) is 2.04. The van der Waals surface area contributed by atoms with Crippen LogP contribution in [0.1, 0.15) is 19.8 Å². The molecule has 0 fully saturated rings. The zero-order valence-corrected chi connectivity index (χ0v) is 11.2. The van der Waals surface area contributed by atoms with E-state index in [0.717, 1.165) is 5.69 Å². The molecule has 20 heavy (non-hydrogen) atoms. The third-order valence-corrected chi connectivity index (χ3v) is 3.21. The Labute approximate surface area is 116 Å². The molecule has 1 unspecified atom stereocenters. The standard InChI is InChI=1S/C14H17N3O3/c1-2-10(18)7-9-15-12-5-6-13(17(19)20)11-4-3-8-16-14(11)12/h3-6,8,10,15,18H,2,7,9H2,1H3. The van der Waals surface area contributed by atoms with Crippen LogP contribution in [0.3, 0.4) is 0 Å². The van der Waals surface area contributed by atoms with Crippen molar-refractivity contribution >= 4 is 22.3 Å². The first kappa shape index (κ1) is 14.2. The van der Waals surface area contributed by atoms with Gasteiger partial charge in [0.25, 0.3) is 5.69 Å². The smallest absolute Gasteiger partial charge is 0.278 e. The maximum Gasteiger partial charge on any atom is 0.278 e. The molecule has 0 saturated carbocycles. The van der Waals surface area contributed by atoms with Crippen LogP contribution in [-0.2, 0) is 0 Å². The van der Waals surface area contributed by atoms with Crippen molar-refractivity contribution < 1.29 is 10.0 Å². The molecule has 0 aliphatic rings. The van der Waals surface area contributed by atoms with Gasteiger partial charge in [-0.25, -0.2) is 0 Å². The first-order valence-corrected chi connectivity index (χ1v) is 6.57. The van der Waals surface area contributed by atoms with E-state index in [9.17, 15) is 15.2 Å². The second-order valence-corrected chi connectivity index (χ2v) is 4.57. The Morgan fingerprint density at radius 2 is 2.25 bits per heavy atom. The third-order valence-electron chi connectivity index (χ3n) is 3.21. The van der Waals surface area contributed by atoms with E-state index in [-0.39, 0.29) is 11.8 Å². The van der Waals surface area contributed by atoms with Crippen LogP contribution in [0, 0.1) is 10.1 Å². The van der Waals surface area contributed by atoms with E-state index in [1.54, 1.807) is 24.4 Å². The summed E-state index contributed by atoms with van der Waals surface area (Å²) in [6, 6.07) is 6.50. The molecule has 0 saturated heterocycles. The molecule has 1 heterocycles. The summed E-state index contributed by atoms with van der Waals surface area (Å²) in [5.41, 5.74) is 1.37. The number of pyridine rings is 1. The lowest BCUT2D eigenvalue weighted by Crippen LogP contribution is -2.12. The Balaban J connectivity index is 2.27. The SMILES string of the molecule is CCC(O)CCNc1ccc([N+](=O)[O-])c2cccnc12. The molecule has 1 aromatic carbocycles. The maximum atomic E-state index is 11.0. The number of aromatic nitrogens is 1. The second-order valence-electron chi connectivity index (χ2n) is 4.57. The Hall–Kier alpha value is -2.21. The Morgan fingerprint density at radius 1 is 1.45 bits per heavy atom. The molecule has 2 N–H and O–H groups in total. The number of nitrogens with one attached hydrogen (secondary N) is 1. The number of non-ortho nitro benzene ring substituents is 1. The van der Waals surface area contributed by atoms with E-state index in [1.165, 1.54) is 6.07 Å². The van der Waals surface area contributed by atoms with Crippen molar-refractivity contribution in [2.75, 3.05) is 11.9 Å². The van der Waals surface area contributed by atoms with E-state index in [2.05, 4.69) is 10.3 Å². The predicted molar refractivity (Wildman–Crippen MR) is 77.8 cm³/mol. The third kappa shape index (κ3) is 3.03. The lowest BCUT2D eigenvalue weighted by molar-refractivity contribution is -0.383. The summed E-state index contributed by atoms with van der Waals surface area (Å²) >= 11 is 0. The summed E-state index contributed by atoms with van der Waals surface area (Å²) in [6.07, 6.45) is 2.61. The minimum absolute atomic E-state index is 0.0484. The van der Waals surface area contributed by atoms with Gasteiger partial charge in [-0.3, -0.25) is 15.1 Å². The van der Waals surface area contributed by atoms with Crippen molar-refractivity contribution in [3.63, 3.8) is 0 Å². The molecule has 0 amide bonds. The number of aliphatic hydroxyl groups is 1. The molecule has 2 aromatic rings. The van der Waals surface area contributed by atoms with Crippen LogP contribution in [0.5, 0.6) is 0 Å². The summed E-state index contributed by atoms with van der Waals surface area (Å²) in [7, 11) is 0. The van der Waals surface area contributed by atoms with Gasteiger partial charge in [0.05, 0.1) is 22.1 Å². The van der Waals surface area contributed by atoms with E-state index in [4.69, 9.17) is 0 Å². The fraction of sp³-hybridized carbons (Fsp3) is 0.357. The highest BCUT2D eigenvalue weighted by Crippen LogP contribution is 2.29. The molecule has 1 atom stereocenters. The molecule has 6 heteroatoms. The normalized spacial score (nSPS) is 12.3. The average molecular weight is 275 g/mol. The molecule has 1 aromatic heterocycles. The number of hydrogen-bond donors (Lipinski definition) is 2. The van der Waals surface area contributed by atoms with Gasteiger partial charge < -0.3 is 10.4 Å². The number of aliphatic hydroxyl groups excluding tert-OH is 1. The first-order valence-electron chi connectivity index (χ1n) is 6.57. The summed E-state index contributed by atoms with van der Waals surface area (Å²) in [4.78, 5) is 14.8. The van der Waals surface area contributed by atoms with E-state index >= 15 is 0 Å². The molecule has 0 aliphatic carbocycles. The minimum Gasteiger partial charge on any atom is -0.393 e. The summed E-state index contributed by atoms with van der Waals surface area (Å²) < 4.78 is 0. The van der Waals surface area contributed by atoms with E-state index in [0.29, 0.717) is 30.3 Å². The van der Waals surface area contributed by atoms with E-state index < -0.39 is 4.92 Å². The van der Waals surface area contributed by atoms with Gasteiger partial charge in [-0.2, -0.15) is 0 Å². The molecule has 0 spiro atoms. The maximum absolute atomic E-state index is 11.0. The van der Waals surface area contributed by atoms with E-state index in [1.807, 2.05) is 6.92 Å². The molecule has 106 valence electrons. The predicted octanol–water partition coefficient (Wildman–Crippen LogP) is 2.72. The number of nitrogens with zero attached hydrogens (tertiary/aromatic N) is 2. The highest BCUT2D eigenvalue weighted by Gasteiger charge is 2.14. The van der Waals surface area contributed by atoms with Crippen molar-refractivity contribution in [1.29, 1.82) is 0 Å². The Morgan fingerprint density at radius 3 is 2.95 bits per heavy atom. The monoisotopic (exact) mass is 275 g/mol. The zero-order chi connectivity index (χ0) is 14.5. The molecular weight excluding hydrogens is 258 g/mol. The molecule has 6 nitrogen and oxygen atoms in total. The number of nitro groups is 1. The van der Waals surface area contributed by atoms with Crippen molar-refractivity contribution in [2.45, 2.75) is 25.9 Å². The molecular formula is C14H17N3O3. The fourth-order valence-electron chi connectivity index (χ4n) is 2.04. The van der Waals surface area contributed by atoms with Crippen LogP contribution < -0.4 is 5.32 Å². The van der Waals surface area contributed by atoms with Crippen LogP contribution in [0.15, 0.2) is 30.5 Å². The van der Waals surface area contributed by atoms with Crippen molar-refractivity contribution in [1.82, 2.24) is 4.98 Å². The number of hydrogen-bond acceptors (Lipinski definition) is 5. The summed E-state index contributed by atoms with van der Waals surface area (Å²) in [5, 5.41) is 24.2. The summed E-state index contributed by atoms with van der Waals surface area (Å²) in [5.74, 6) is 0. The highest BCUT2D eigenvalue weighted by molar-refractivity contribution is 5.96. The number of anilines is 1. The first-order chi connectivity index (χ1) is 9.63. The second kappa shape index (κ2) is 6.29. The topological polar surface area (TPSA) is 88.3 Å². The van der Waals surface area contributed by atoms with Gasteiger partial charge in [-0.05, 0) is 31.0 Å². The Kier molecular flexibility index (Phi) is 4.47. The number of fused-ring (bicyclic) bond motifs is 1. The van der Waals surface area contributed by atoms with Gasteiger partial charge in [0.15, 0.2) is 0 Å². The number of benzene rings is 1. The lowest BCUT2D eigenvalue weighted by Gasteiger charge is -2.11. The molecule has 0 bridgehead atoms. The molecule has 0 radical (unpaired) electrons. The van der Waals surface area contributed by atoms with Crippen LogP contribution in [0.2, 0.25) is 0 Å². The zero-order valence-electron chi connectivity index (χ0n) is 11.2.